The Morgan fingerprint density at radius 3 is 2.30 bits per heavy atom. The summed E-state index contributed by atoms with van der Waals surface area (Å²) in [6.45, 7) is 0. The van der Waals surface area contributed by atoms with Gasteiger partial charge >= 0.3 is 0 Å². The van der Waals surface area contributed by atoms with Crippen LogP contribution >= 0.6 is 11.6 Å². The lowest BCUT2D eigenvalue weighted by Gasteiger charge is -1.93. The van der Waals surface area contributed by atoms with Crippen LogP contribution in [0.3, 0.4) is 0 Å². The molecule has 1 rings (SSSR count). The molecule has 0 aromatic carbocycles. The number of nitrogens with one attached hydrogen (secondary N) is 1. The van der Waals surface area contributed by atoms with Crippen LogP contribution in [0.5, 0.6) is 0 Å². The first-order chi connectivity index (χ1) is 4.66. The van der Waals surface area contributed by atoms with Crippen LogP contribution in [0.2, 0.25) is 0 Å². The molecule has 1 heterocycles. The summed E-state index contributed by atoms with van der Waals surface area (Å²) in [5, 5.41) is 9.20. The summed E-state index contributed by atoms with van der Waals surface area (Å²) in [5.41, 5.74) is 0. The van der Waals surface area contributed by atoms with Gasteiger partial charge < -0.3 is 0 Å². The molecule has 1 saturated heterocycles. The van der Waals surface area contributed by atoms with E-state index in [-0.39, 0.29) is 0 Å². The second-order valence-corrected chi connectivity index (χ2v) is 2.33. The summed E-state index contributed by atoms with van der Waals surface area (Å²) in [7, 11) is 0. The van der Waals surface area contributed by atoms with Gasteiger partial charge in [0, 0.05) is 0 Å². The van der Waals surface area contributed by atoms with Gasteiger partial charge in [0.25, 0.3) is 0 Å². The van der Waals surface area contributed by atoms with Crippen molar-refractivity contribution in [2.45, 2.75) is 5.38 Å². The monoisotopic (exact) mass is 158 g/mol. The van der Waals surface area contributed by atoms with E-state index in [0.717, 1.165) is 0 Å². The third kappa shape index (κ3) is 0.847. The average molecular weight is 159 g/mol. The van der Waals surface area contributed by atoms with E-state index in [4.69, 9.17) is 16.9 Å². The number of hydrogen-bond donors (Lipinski definition) is 1. The highest BCUT2D eigenvalue weighted by Gasteiger charge is 2.40. The molecule has 0 radical (unpaired) electrons. The Morgan fingerprint density at radius 1 is 1.50 bits per heavy atom. The van der Waals surface area contributed by atoms with Gasteiger partial charge in [0.15, 0.2) is 5.92 Å². The van der Waals surface area contributed by atoms with Crippen LogP contribution in [0, 0.1) is 17.2 Å². The van der Waals surface area contributed by atoms with E-state index in [1.807, 2.05) is 5.32 Å². The van der Waals surface area contributed by atoms with Gasteiger partial charge in [-0.25, -0.2) is 0 Å². The molecule has 5 heteroatoms. The van der Waals surface area contributed by atoms with Crippen molar-refractivity contribution in [3.63, 3.8) is 0 Å². The highest BCUT2D eigenvalue weighted by atomic mass is 35.5. The molecule has 2 amide bonds. The minimum Gasteiger partial charge on any atom is -0.294 e. The standard InChI is InChI=1S/C5H3ClN2O2/c6-3-2(1-7)4(9)8-5(3)10/h2-3H,(H,8,9,10). The number of carbonyl (C=O) groups is 2. The highest BCUT2D eigenvalue weighted by Crippen LogP contribution is 2.16. The van der Waals surface area contributed by atoms with Gasteiger partial charge in [-0.2, -0.15) is 5.26 Å². The molecule has 4 nitrogen and oxygen atoms in total. The van der Waals surface area contributed by atoms with Gasteiger partial charge in [0.05, 0.1) is 6.07 Å². The van der Waals surface area contributed by atoms with Crippen LogP contribution in [-0.2, 0) is 9.59 Å². The molecule has 1 aliphatic heterocycles. The number of hydrogen-bond acceptors (Lipinski definition) is 3. The summed E-state index contributed by atoms with van der Waals surface area (Å²) >= 11 is 5.37. The van der Waals surface area contributed by atoms with Crippen molar-refractivity contribution in [3.05, 3.63) is 0 Å². The van der Waals surface area contributed by atoms with E-state index in [2.05, 4.69) is 0 Å². The van der Waals surface area contributed by atoms with Gasteiger partial charge in [0.1, 0.15) is 5.38 Å². The van der Waals surface area contributed by atoms with Crippen molar-refractivity contribution in [2.75, 3.05) is 0 Å². The van der Waals surface area contributed by atoms with Crippen LogP contribution < -0.4 is 5.32 Å². The predicted molar refractivity (Wildman–Crippen MR) is 31.9 cm³/mol. The normalized spacial score (nSPS) is 31.6. The Balaban J connectivity index is 2.86. The highest BCUT2D eigenvalue weighted by molar-refractivity contribution is 6.36. The zero-order valence-electron chi connectivity index (χ0n) is 4.80. The van der Waals surface area contributed by atoms with Crippen LogP contribution in [0.4, 0.5) is 0 Å². The molecule has 2 atom stereocenters. The Labute approximate surface area is 61.8 Å². The maximum absolute atomic E-state index is 10.6. The maximum atomic E-state index is 10.6. The van der Waals surface area contributed by atoms with E-state index in [1.54, 1.807) is 6.07 Å². The van der Waals surface area contributed by atoms with Gasteiger partial charge in [-0.15, -0.1) is 11.6 Å². The molecule has 1 aliphatic rings. The molecular formula is C5H3ClN2O2. The lowest BCUT2D eigenvalue weighted by atomic mass is 10.1. The number of carbonyl (C=O) groups excluding carboxylic acids is 2. The van der Waals surface area contributed by atoms with Crippen LogP contribution in [0.15, 0.2) is 0 Å². The number of alkyl halides is 1. The molecule has 0 spiro atoms. The molecule has 0 aliphatic carbocycles. The fourth-order valence-corrected chi connectivity index (χ4v) is 0.902. The third-order valence-electron chi connectivity index (χ3n) is 1.21. The lowest BCUT2D eigenvalue weighted by Crippen LogP contribution is -2.22. The van der Waals surface area contributed by atoms with Crippen molar-refractivity contribution in [3.8, 4) is 6.07 Å². The number of imide groups is 1. The van der Waals surface area contributed by atoms with E-state index < -0.39 is 23.1 Å². The summed E-state index contributed by atoms with van der Waals surface area (Å²) in [6, 6.07) is 1.63. The zero-order chi connectivity index (χ0) is 7.72. The van der Waals surface area contributed by atoms with Crippen molar-refractivity contribution < 1.29 is 9.59 Å². The largest absolute Gasteiger partial charge is 0.294 e. The van der Waals surface area contributed by atoms with Gasteiger partial charge in [-0.3, -0.25) is 14.9 Å². The maximum Gasteiger partial charge on any atom is 0.246 e. The summed E-state index contributed by atoms with van der Waals surface area (Å²) in [5.74, 6) is -2.21. The molecule has 0 aromatic heterocycles. The molecule has 10 heavy (non-hydrogen) atoms. The molecule has 52 valence electrons. The van der Waals surface area contributed by atoms with Gasteiger partial charge in [0.2, 0.25) is 11.8 Å². The average Bonchev–Trinajstić information content (AvgIpc) is 2.09. The first-order valence-electron chi connectivity index (χ1n) is 2.55. The third-order valence-corrected chi connectivity index (χ3v) is 1.66. The van der Waals surface area contributed by atoms with Gasteiger partial charge in [-0.1, -0.05) is 0 Å². The summed E-state index contributed by atoms with van der Waals surface area (Å²) < 4.78 is 0. The Bertz CT molecular complexity index is 232. The molecule has 0 saturated carbocycles. The second kappa shape index (κ2) is 2.27. The fraction of sp³-hybridized carbons (Fsp3) is 0.400. The lowest BCUT2D eigenvalue weighted by molar-refractivity contribution is -0.125. The van der Waals surface area contributed by atoms with Crippen LogP contribution in [-0.4, -0.2) is 17.2 Å². The van der Waals surface area contributed by atoms with Crippen molar-refractivity contribution in [2.24, 2.45) is 5.92 Å². The van der Waals surface area contributed by atoms with Crippen molar-refractivity contribution in [1.29, 1.82) is 5.26 Å². The van der Waals surface area contributed by atoms with Crippen LogP contribution in [0.25, 0.3) is 0 Å². The number of nitriles is 1. The Hall–Kier alpha value is -1.08. The van der Waals surface area contributed by atoms with Crippen molar-refractivity contribution >= 4 is 23.4 Å². The molecule has 1 fully saturated rings. The number of nitrogens with zero attached hydrogens (tertiary/aromatic N) is 1. The first-order valence-corrected chi connectivity index (χ1v) is 2.99. The Morgan fingerprint density at radius 2 is 2.10 bits per heavy atom. The zero-order valence-corrected chi connectivity index (χ0v) is 5.55. The van der Waals surface area contributed by atoms with Gasteiger partial charge in [-0.05, 0) is 0 Å². The predicted octanol–water partition coefficient (Wildman–Crippen LogP) is -0.610. The van der Waals surface area contributed by atoms with Crippen molar-refractivity contribution in [1.82, 2.24) is 5.32 Å². The number of amides is 2. The summed E-state index contributed by atoms with van der Waals surface area (Å²) in [4.78, 5) is 21.1. The van der Waals surface area contributed by atoms with E-state index in [0.29, 0.717) is 0 Å². The minimum absolute atomic E-state index is 0.585. The molecule has 0 aromatic rings. The smallest absolute Gasteiger partial charge is 0.246 e. The van der Waals surface area contributed by atoms with Crippen LogP contribution in [0.1, 0.15) is 0 Å². The van der Waals surface area contributed by atoms with E-state index in [1.165, 1.54) is 0 Å². The minimum atomic E-state index is -1.02. The molecule has 0 bridgehead atoms. The van der Waals surface area contributed by atoms with E-state index >= 15 is 0 Å². The fourth-order valence-electron chi connectivity index (χ4n) is 0.676. The molecular weight excluding hydrogens is 156 g/mol. The number of halogens is 1. The quantitative estimate of drug-likeness (QED) is 0.378. The summed E-state index contributed by atoms with van der Waals surface area (Å²) in [6.07, 6.45) is 0. The second-order valence-electron chi connectivity index (χ2n) is 1.86. The first kappa shape index (κ1) is 7.03. The topological polar surface area (TPSA) is 70.0 Å². The SMILES string of the molecule is N#CC1C(=O)NC(=O)C1Cl. The van der Waals surface area contributed by atoms with E-state index in [9.17, 15) is 9.59 Å². The number of rotatable bonds is 0. The Kier molecular flexibility index (Phi) is 1.60. The molecule has 2 unspecified atom stereocenters. The molecule has 1 N–H and O–H groups in total.